The van der Waals surface area contributed by atoms with Crippen LogP contribution in [0.15, 0.2) is 42.6 Å². The molecule has 0 radical (unpaired) electrons. The molecular formula is C40H49F4N5O10S. The summed E-state index contributed by atoms with van der Waals surface area (Å²) in [6, 6.07) is -0.981. The van der Waals surface area contributed by atoms with E-state index in [2.05, 4.69) is 10.3 Å². The van der Waals surface area contributed by atoms with E-state index in [-0.39, 0.29) is 62.5 Å². The van der Waals surface area contributed by atoms with Gasteiger partial charge in [0.2, 0.25) is 27.7 Å². The summed E-state index contributed by atoms with van der Waals surface area (Å²) in [5.74, 6) is -5.52. The van der Waals surface area contributed by atoms with E-state index < -0.39 is 106 Å². The highest BCUT2D eigenvalue weighted by atomic mass is 32.2. The van der Waals surface area contributed by atoms with Gasteiger partial charge in [0.15, 0.2) is 6.04 Å². The second-order valence-corrected chi connectivity index (χ2v) is 18.9. The number of methoxy groups -OCH3 is 1. The van der Waals surface area contributed by atoms with Crippen molar-refractivity contribution >= 4 is 44.6 Å². The van der Waals surface area contributed by atoms with E-state index in [0.717, 1.165) is 4.90 Å². The van der Waals surface area contributed by atoms with Gasteiger partial charge in [-0.25, -0.2) is 22.6 Å². The SMILES string of the molecule is COc1cnc(O[C@@H]2C[C@H]3C(=O)N[C@]4(C(=O)NS(=O)(=O)C5(CF)CC5)C[C@H]4/C=C\CC[C@H](C)C[C@@H](C)[C@H](N(C(=O)O)C4CCOC4)C(=O)N3C2C(F)(F)F)c2ccccc12. The molecule has 2 saturated carbocycles. The topological polar surface area (TPSA) is 194 Å². The molecule has 2 aromatic rings. The Morgan fingerprint density at radius 3 is 2.47 bits per heavy atom. The van der Waals surface area contributed by atoms with E-state index in [0.29, 0.717) is 28.9 Å². The Kier molecular flexibility index (Phi) is 11.8. The minimum Gasteiger partial charge on any atom is -0.494 e. The van der Waals surface area contributed by atoms with Crippen molar-refractivity contribution in [3.8, 4) is 11.6 Å². The highest BCUT2D eigenvalue weighted by Crippen LogP contribution is 2.49. The van der Waals surface area contributed by atoms with Crippen LogP contribution >= 0.6 is 0 Å². The second-order valence-electron chi connectivity index (χ2n) is 16.8. The molecule has 4 amide bonds. The number of allylic oxidation sites excluding steroid dienone is 1. The molecule has 0 spiro atoms. The van der Waals surface area contributed by atoms with Crippen LogP contribution in [0.3, 0.4) is 0 Å². The highest BCUT2D eigenvalue weighted by Gasteiger charge is 2.66. The molecule has 2 unspecified atom stereocenters. The lowest BCUT2D eigenvalue weighted by Gasteiger charge is -2.41. The van der Waals surface area contributed by atoms with Gasteiger partial charge in [0.05, 0.1) is 26.0 Å². The van der Waals surface area contributed by atoms with E-state index in [1.165, 1.54) is 13.3 Å². The monoisotopic (exact) mass is 867 g/mol. The lowest BCUT2D eigenvalue weighted by atomic mass is 9.86. The fraction of sp³-hybridized carbons (Fsp3) is 0.625. The van der Waals surface area contributed by atoms with Crippen LogP contribution in [-0.2, 0) is 29.1 Å². The number of amides is 4. The molecule has 7 rings (SSSR count). The molecule has 3 aliphatic heterocycles. The van der Waals surface area contributed by atoms with Gasteiger partial charge in [-0.1, -0.05) is 44.2 Å². The van der Waals surface area contributed by atoms with Crippen LogP contribution in [0.4, 0.5) is 22.4 Å². The number of ether oxygens (including phenoxy) is 3. The van der Waals surface area contributed by atoms with E-state index >= 15 is 18.0 Å². The number of carbonyl (C=O) groups excluding carboxylic acids is 3. The van der Waals surface area contributed by atoms with Crippen molar-refractivity contribution in [3.63, 3.8) is 0 Å². The number of fused-ring (bicyclic) bond motifs is 3. The minimum atomic E-state index is -5.27. The maximum absolute atomic E-state index is 15.8. The van der Waals surface area contributed by atoms with Crippen LogP contribution in [0, 0.1) is 17.8 Å². The number of nitrogens with zero attached hydrogens (tertiary/aromatic N) is 3. The zero-order valence-electron chi connectivity index (χ0n) is 33.3. The summed E-state index contributed by atoms with van der Waals surface area (Å²) in [6.07, 6.45) is -3.87. The number of carboxylic acid groups (broad SMARTS) is 1. The largest absolute Gasteiger partial charge is 0.494 e. The molecular weight excluding hydrogens is 819 g/mol. The average Bonchev–Trinajstić information content (AvgIpc) is 4.02. The quantitative estimate of drug-likeness (QED) is 0.238. The number of pyridine rings is 1. The van der Waals surface area contributed by atoms with Crippen LogP contribution in [0.2, 0.25) is 0 Å². The molecule has 1 aromatic carbocycles. The summed E-state index contributed by atoms with van der Waals surface area (Å²) >= 11 is 0. The van der Waals surface area contributed by atoms with E-state index in [1.54, 1.807) is 43.3 Å². The molecule has 0 bridgehead atoms. The van der Waals surface area contributed by atoms with Crippen LogP contribution in [0.1, 0.15) is 65.2 Å². The maximum Gasteiger partial charge on any atom is 0.412 e. The van der Waals surface area contributed by atoms with Gasteiger partial charge >= 0.3 is 12.3 Å². The summed E-state index contributed by atoms with van der Waals surface area (Å²) < 4.78 is 105. The Hall–Kier alpha value is -4.72. The number of nitrogens with one attached hydrogen (secondary N) is 2. The average molecular weight is 868 g/mol. The predicted octanol–water partition coefficient (Wildman–Crippen LogP) is 4.50. The minimum absolute atomic E-state index is 0.0371. The summed E-state index contributed by atoms with van der Waals surface area (Å²) in [5, 5.41) is 13.9. The standard InChI is InChI=1S/C40H49F4N5O10S/c1-22-8-4-5-9-24-18-39(24,36(52)47-60(55,56)38(21-41)13-14-38)46-33(50)28-17-29(59-34-27-11-7-6-10-26(27)30(57-3)19-45-34)32(40(42,43)44)49(28)35(51)31(23(2)16-22)48(37(53)54)25-12-15-58-20-25/h5-7,9-11,19,22-25,28-29,31-32H,4,8,12-18,20-21H2,1-3H3,(H,46,50)(H,47,52)(H,53,54)/b9-5-/t22-,23+,24+,25?,28-,29+,31-,32?,39+/m0/s1. The number of benzene rings is 1. The Bertz CT molecular complexity index is 2150. The van der Waals surface area contributed by atoms with Crippen molar-refractivity contribution in [2.24, 2.45) is 17.8 Å². The zero-order chi connectivity index (χ0) is 43.4. The molecule has 2 saturated heterocycles. The number of carbonyl (C=O) groups is 4. The number of sulfonamides is 1. The third kappa shape index (κ3) is 7.96. The van der Waals surface area contributed by atoms with Crippen molar-refractivity contribution in [2.75, 3.05) is 27.0 Å². The highest BCUT2D eigenvalue weighted by molar-refractivity contribution is 7.91. The number of rotatable bonds is 9. The molecule has 60 heavy (non-hydrogen) atoms. The van der Waals surface area contributed by atoms with Gasteiger partial charge in [-0.3, -0.25) is 24.0 Å². The van der Waals surface area contributed by atoms with Gasteiger partial charge in [0.1, 0.15) is 40.9 Å². The summed E-state index contributed by atoms with van der Waals surface area (Å²) in [7, 11) is -3.19. The number of aromatic nitrogens is 1. The van der Waals surface area contributed by atoms with Crippen molar-refractivity contribution in [1.29, 1.82) is 0 Å². The van der Waals surface area contributed by atoms with Gasteiger partial charge in [-0.15, -0.1) is 0 Å². The number of hydrogen-bond acceptors (Lipinski definition) is 10. The molecule has 328 valence electrons. The van der Waals surface area contributed by atoms with Crippen molar-refractivity contribution in [2.45, 2.75) is 112 Å². The van der Waals surface area contributed by atoms with Crippen LogP contribution in [0.25, 0.3) is 10.8 Å². The van der Waals surface area contributed by atoms with E-state index in [4.69, 9.17) is 14.2 Å². The molecule has 1 aromatic heterocycles. The molecule has 3 N–H and O–H groups in total. The van der Waals surface area contributed by atoms with E-state index in [1.807, 2.05) is 11.6 Å². The first-order valence-electron chi connectivity index (χ1n) is 20.1. The fourth-order valence-electron chi connectivity index (χ4n) is 9.16. The van der Waals surface area contributed by atoms with Crippen molar-refractivity contribution in [1.82, 2.24) is 24.8 Å². The third-order valence-corrected chi connectivity index (χ3v) is 14.8. The number of hydrogen-bond donors (Lipinski definition) is 3. The Balaban J connectivity index is 1.34. The lowest BCUT2D eigenvalue weighted by Crippen LogP contribution is -2.64. The van der Waals surface area contributed by atoms with Gasteiger partial charge in [0.25, 0.3) is 5.91 Å². The van der Waals surface area contributed by atoms with E-state index in [9.17, 15) is 32.3 Å². The molecule has 15 nitrogen and oxygen atoms in total. The molecule has 20 heteroatoms. The smallest absolute Gasteiger partial charge is 0.412 e. The van der Waals surface area contributed by atoms with Crippen LogP contribution < -0.4 is 19.5 Å². The first-order chi connectivity index (χ1) is 28.4. The van der Waals surface area contributed by atoms with Gasteiger partial charge < -0.3 is 29.5 Å². The van der Waals surface area contributed by atoms with Crippen molar-refractivity contribution < 1.29 is 64.5 Å². The van der Waals surface area contributed by atoms with Gasteiger partial charge in [-0.2, -0.15) is 13.2 Å². The third-order valence-electron chi connectivity index (χ3n) is 12.7. The first-order valence-corrected chi connectivity index (χ1v) is 21.5. The lowest BCUT2D eigenvalue weighted by molar-refractivity contribution is -0.200. The normalized spacial score (nSPS) is 32.4. The summed E-state index contributed by atoms with van der Waals surface area (Å²) in [4.78, 5) is 62.4. The van der Waals surface area contributed by atoms with Crippen molar-refractivity contribution in [3.05, 3.63) is 42.6 Å². The number of alkyl halides is 4. The molecule has 4 heterocycles. The molecule has 4 fully saturated rings. The van der Waals surface area contributed by atoms with Crippen LogP contribution in [0.5, 0.6) is 11.6 Å². The van der Waals surface area contributed by atoms with Crippen LogP contribution in [-0.4, -0.2) is 126 Å². The fourth-order valence-corrected chi connectivity index (χ4v) is 10.6. The Morgan fingerprint density at radius 1 is 1.13 bits per heavy atom. The Labute approximate surface area is 344 Å². The van der Waals surface area contributed by atoms with Gasteiger partial charge in [-0.05, 0) is 62.8 Å². The predicted molar refractivity (Wildman–Crippen MR) is 206 cm³/mol. The van der Waals surface area contributed by atoms with Gasteiger partial charge in [0, 0.05) is 29.7 Å². The summed E-state index contributed by atoms with van der Waals surface area (Å²) in [6.45, 7) is 2.24. The Morgan fingerprint density at radius 2 is 1.85 bits per heavy atom. The molecule has 9 atom stereocenters. The molecule has 2 aliphatic carbocycles. The maximum atomic E-state index is 15.8. The first kappa shape index (κ1) is 43.4. The zero-order valence-corrected chi connectivity index (χ0v) is 34.1. The molecule has 5 aliphatic rings. The second kappa shape index (κ2) is 16.3. The number of halogens is 4. The summed E-state index contributed by atoms with van der Waals surface area (Å²) in [5.41, 5.74) is -1.99.